The minimum absolute atomic E-state index is 0.157. The van der Waals surface area contributed by atoms with E-state index in [2.05, 4.69) is 5.32 Å². The predicted octanol–water partition coefficient (Wildman–Crippen LogP) is 4.24. The third-order valence-corrected chi connectivity index (χ3v) is 3.59. The minimum Gasteiger partial charge on any atom is -0.326 e. The third-order valence-electron chi connectivity index (χ3n) is 2.37. The molecule has 0 atom stereocenters. The summed E-state index contributed by atoms with van der Waals surface area (Å²) in [7, 11) is 0. The maximum absolute atomic E-state index is 12.2. The second kappa shape index (κ2) is 6.32. The van der Waals surface area contributed by atoms with Gasteiger partial charge in [-0.1, -0.05) is 19.9 Å². The summed E-state index contributed by atoms with van der Waals surface area (Å²) in [5, 5.41) is 2.67. The molecule has 1 aromatic rings. The summed E-state index contributed by atoms with van der Waals surface area (Å²) in [4.78, 5) is 12.1. The monoisotopic (exact) mass is 291 g/mol. The van der Waals surface area contributed by atoms with Crippen LogP contribution >= 0.6 is 11.8 Å². The van der Waals surface area contributed by atoms with Gasteiger partial charge in [0.15, 0.2) is 0 Å². The molecule has 1 N–H and O–H groups in total. The van der Waals surface area contributed by atoms with Crippen molar-refractivity contribution in [2.24, 2.45) is 5.92 Å². The molecule has 0 aliphatic rings. The van der Waals surface area contributed by atoms with Crippen molar-refractivity contribution in [3.63, 3.8) is 0 Å². The van der Waals surface area contributed by atoms with E-state index in [4.69, 9.17) is 0 Å². The minimum atomic E-state index is -4.20. The largest absolute Gasteiger partial charge is 0.398 e. The molecule has 0 aromatic heterocycles. The average molecular weight is 291 g/mol. The highest BCUT2D eigenvalue weighted by atomic mass is 32.2. The van der Waals surface area contributed by atoms with E-state index in [1.165, 1.54) is 0 Å². The van der Waals surface area contributed by atoms with Gasteiger partial charge in [-0.25, -0.2) is 0 Å². The van der Waals surface area contributed by atoms with Crippen molar-refractivity contribution < 1.29 is 18.0 Å². The Balaban J connectivity index is 2.79. The zero-order valence-corrected chi connectivity index (χ0v) is 11.8. The maximum Gasteiger partial charge on any atom is 0.398 e. The number of aryl methyl sites for hydroxylation is 1. The Bertz CT molecular complexity index is 458. The van der Waals surface area contributed by atoms with E-state index in [9.17, 15) is 18.0 Å². The van der Waals surface area contributed by atoms with Gasteiger partial charge in [0.1, 0.15) is 0 Å². The normalized spacial score (nSPS) is 11.7. The molecule has 106 valence electrons. The number of halogens is 3. The van der Waals surface area contributed by atoms with E-state index >= 15 is 0 Å². The van der Waals surface area contributed by atoms with E-state index in [0.717, 1.165) is 17.3 Å². The van der Waals surface area contributed by atoms with Crippen molar-refractivity contribution in [3.8, 4) is 0 Å². The number of anilines is 1. The van der Waals surface area contributed by atoms with Crippen molar-refractivity contribution in [2.75, 3.05) is 11.1 Å². The second-order valence-electron chi connectivity index (χ2n) is 4.53. The van der Waals surface area contributed by atoms with Gasteiger partial charge < -0.3 is 5.32 Å². The molecule has 0 bridgehead atoms. The van der Waals surface area contributed by atoms with Gasteiger partial charge in [0.2, 0.25) is 5.91 Å². The number of amides is 1. The summed E-state index contributed by atoms with van der Waals surface area (Å²) in [5.41, 5.74) is 1.28. The van der Waals surface area contributed by atoms with E-state index in [0.29, 0.717) is 10.6 Å². The zero-order valence-electron chi connectivity index (χ0n) is 11.0. The summed E-state index contributed by atoms with van der Waals surface area (Å²) in [6, 6.07) is 4.97. The number of thioether (sulfide) groups is 1. The molecule has 6 heteroatoms. The first kappa shape index (κ1) is 15.9. The van der Waals surface area contributed by atoms with Crippen LogP contribution in [0, 0.1) is 12.8 Å². The summed E-state index contributed by atoms with van der Waals surface area (Å²) < 4.78 is 36.6. The Labute approximate surface area is 114 Å². The summed E-state index contributed by atoms with van der Waals surface area (Å²) in [5.74, 6) is -1.27. The van der Waals surface area contributed by atoms with Crippen LogP contribution in [-0.4, -0.2) is 17.8 Å². The standard InChI is InChI=1S/C13H16F3NOS/c1-8(2)12(18)17-10-5-4-9(3)11(6-10)19-7-13(14,15)16/h4-6,8H,7H2,1-3H3,(H,17,18). The highest BCUT2D eigenvalue weighted by Gasteiger charge is 2.27. The van der Waals surface area contributed by atoms with Crippen molar-refractivity contribution in [3.05, 3.63) is 23.8 Å². The van der Waals surface area contributed by atoms with Gasteiger partial charge in [0.05, 0.1) is 5.75 Å². The molecule has 2 nitrogen and oxygen atoms in total. The lowest BCUT2D eigenvalue weighted by Gasteiger charge is -2.12. The summed E-state index contributed by atoms with van der Waals surface area (Å²) >= 11 is 0.727. The van der Waals surface area contributed by atoms with Gasteiger partial charge in [0.25, 0.3) is 0 Å². The first-order chi connectivity index (χ1) is 8.69. The van der Waals surface area contributed by atoms with Gasteiger partial charge in [-0.05, 0) is 24.6 Å². The molecule has 1 aromatic carbocycles. The van der Waals surface area contributed by atoms with Gasteiger partial charge >= 0.3 is 6.18 Å². The van der Waals surface area contributed by atoms with Crippen LogP contribution in [0.2, 0.25) is 0 Å². The number of carbonyl (C=O) groups excluding carboxylic acids is 1. The maximum atomic E-state index is 12.2. The molecule has 0 aliphatic carbocycles. The Kier molecular flexibility index (Phi) is 5.29. The van der Waals surface area contributed by atoms with Crippen LogP contribution in [0.25, 0.3) is 0 Å². The van der Waals surface area contributed by atoms with Crippen LogP contribution in [0.5, 0.6) is 0 Å². The molecule has 0 radical (unpaired) electrons. The van der Waals surface area contributed by atoms with Crippen LogP contribution < -0.4 is 5.32 Å². The predicted molar refractivity (Wildman–Crippen MR) is 71.4 cm³/mol. The average Bonchev–Trinajstić information content (AvgIpc) is 2.28. The molecule has 19 heavy (non-hydrogen) atoms. The third kappa shape index (κ3) is 5.55. The first-order valence-electron chi connectivity index (χ1n) is 5.80. The number of nitrogens with one attached hydrogen (secondary N) is 1. The van der Waals surface area contributed by atoms with Gasteiger partial charge in [-0.2, -0.15) is 13.2 Å². The molecule has 0 saturated carbocycles. The Morgan fingerprint density at radius 2 is 2.00 bits per heavy atom. The van der Waals surface area contributed by atoms with Crippen molar-refractivity contribution in [1.29, 1.82) is 0 Å². The lowest BCUT2D eigenvalue weighted by molar-refractivity contribution is -0.118. The number of hydrogen-bond acceptors (Lipinski definition) is 2. The molecule has 0 heterocycles. The van der Waals surface area contributed by atoms with Crippen molar-refractivity contribution in [2.45, 2.75) is 31.8 Å². The fraction of sp³-hybridized carbons (Fsp3) is 0.462. The summed E-state index contributed by atoms with van der Waals surface area (Å²) in [6.07, 6.45) is -4.20. The smallest absolute Gasteiger partial charge is 0.326 e. The van der Waals surface area contributed by atoms with Crippen LogP contribution in [0.3, 0.4) is 0 Å². The second-order valence-corrected chi connectivity index (χ2v) is 5.55. The highest BCUT2D eigenvalue weighted by Crippen LogP contribution is 2.31. The molecule has 0 saturated heterocycles. The molecular formula is C13H16F3NOS. The van der Waals surface area contributed by atoms with Crippen molar-refractivity contribution in [1.82, 2.24) is 0 Å². The number of benzene rings is 1. The molecule has 1 amide bonds. The number of carbonyl (C=O) groups is 1. The zero-order chi connectivity index (χ0) is 14.6. The molecule has 0 spiro atoms. The van der Waals surface area contributed by atoms with Crippen LogP contribution in [0.1, 0.15) is 19.4 Å². The topological polar surface area (TPSA) is 29.1 Å². The van der Waals surface area contributed by atoms with Gasteiger partial charge in [-0.15, -0.1) is 11.8 Å². The molecule has 1 rings (SSSR count). The summed E-state index contributed by atoms with van der Waals surface area (Å²) in [6.45, 7) is 5.25. The number of hydrogen-bond donors (Lipinski definition) is 1. The van der Waals surface area contributed by atoms with Crippen LogP contribution in [0.15, 0.2) is 23.1 Å². The SMILES string of the molecule is Cc1ccc(NC(=O)C(C)C)cc1SCC(F)(F)F. The Morgan fingerprint density at radius 3 is 2.53 bits per heavy atom. The van der Waals surface area contributed by atoms with E-state index in [1.807, 2.05) is 0 Å². The number of alkyl halides is 3. The van der Waals surface area contributed by atoms with Crippen molar-refractivity contribution >= 4 is 23.4 Å². The highest BCUT2D eigenvalue weighted by molar-refractivity contribution is 7.99. The lowest BCUT2D eigenvalue weighted by atomic mass is 10.2. The van der Waals surface area contributed by atoms with E-state index < -0.39 is 11.9 Å². The van der Waals surface area contributed by atoms with Crippen LogP contribution in [0.4, 0.5) is 18.9 Å². The fourth-order valence-corrected chi connectivity index (χ4v) is 2.10. The molecule has 0 fully saturated rings. The lowest BCUT2D eigenvalue weighted by Crippen LogP contribution is -2.17. The van der Waals surface area contributed by atoms with E-state index in [-0.39, 0.29) is 11.8 Å². The molecule has 0 aliphatic heterocycles. The van der Waals surface area contributed by atoms with Crippen LogP contribution in [-0.2, 0) is 4.79 Å². The Hall–Kier alpha value is -1.17. The number of rotatable bonds is 4. The Morgan fingerprint density at radius 1 is 1.37 bits per heavy atom. The molecule has 0 unspecified atom stereocenters. The molecular weight excluding hydrogens is 275 g/mol. The fourth-order valence-electron chi connectivity index (χ4n) is 1.28. The quantitative estimate of drug-likeness (QED) is 0.840. The first-order valence-corrected chi connectivity index (χ1v) is 6.78. The van der Waals surface area contributed by atoms with Gasteiger partial charge in [-0.3, -0.25) is 4.79 Å². The van der Waals surface area contributed by atoms with Gasteiger partial charge in [0, 0.05) is 16.5 Å². The van der Waals surface area contributed by atoms with E-state index in [1.54, 1.807) is 39.0 Å².